The summed E-state index contributed by atoms with van der Waals surface area (Å²) in [7, 11) is 1.82. The lowest BCUT2D eigenvalue weighted by atomic mass is 9.77. The maximum Gasteiger partial charge on any atom is 0.118 e. The molecule has 5 nitrogen and oxygen atoms in total. The predicted octanol–water partition coefficient (Wildman–Crippen LogP) is 6.98. The van der Waals surface area contributed by atoms with E-state index >= 15 is 0 Å². The smallest absolute Gasteiger partial charge is 0.118 e. The van der Waals surface area contributed by atoms with Crippen molar-refractivity contribution >= 4 is 42.5 Å². The molecule has 0 amide bonds. The number of nitriles is 1. The van der Waals surface area contributed by atoms with E-state index in [0.717, 1.165) is 36.1 Å². The normalized spacial score (nSPS) is 11.0. The Bertz CT molecular complexity index is 1100. The molecular formula is C30H37Cl2N3O2. The van der Waals surface area contributed by atoms with Gasteiger partial charge in [-0.15, -0.1) is 11.6 Å². The van der Waals surface area contributed by atoms with Gasteiger partial charge < -0.3 is 14.9 Å². The van der Waals surface area contributed by atoms with Gasteiger partial charge in [-0.25, -0.2) is 4.99 Å². The van der Waals surface area contributed by atoms with Gasteiger partial charge in [0.2, 0.25) is 0 Å². The van der Waals surface area contributed by atoms with E-state index in [2.05, 4.69) is 61.1 Å². The van der Waals surface area contributed by atoms with Crippen LogP contribution in [0.4, 0.5) is 0 Å². The Hall–Kier alpha value is -3.20. The fraction of sp³-hybridized carbons (Fsp3) is 0.333. The van der Waals surface area contributed by atoms with Crippen molar-refractivity contribution in [3.8, 4) is 6.07 Å². The van der Waals surface area contributed by atoms with Crippen LogP contribution in [0.5, 0.6) is 0 Å². The summed E-state index contributed by atoms with van der Waals surface area (Å²) in [6.45, 7) is 14.2. The second-order valence-electron chi connectivity index (χ2n) is 8.51. The van der Waals surface area contributed by atoms with E-state index in [1.165, 1.54) is 11.1 Å². The number of halogens is 2. The molecule has 0 heterocycles. The van der Waals surface area contributed by atoms with Gasteiger partial charge >= 0.3 is 0 Å². The van der Waals surface area contributed by atoms with Crippen LogP contribution < -0.4 is 5.32 Å². The molecule has 2 aromatic carbocycles. The summed E-state index contributed by atoms with van der Waals surface area (Å²) in [6.07, 6.45) is 7.24. The quantitative estimate of drug-likeness (QED) is 0.245. The number of nitrogens with one attached hydrogen (secondary N) is 1. The number of benzene rings is 2. The fourth-order valence-corrected chi connectivity index (χ4v) is 4.17. The van der Waals surface area contributed by atoms with E-state index in [-0.39, 0.29) is 5.41 Å². The largest absolute Gasteiger partial charge is 0.374 e. The number of alkyl halides is 1. The summed E-state index contributed by atoms with van der Waals surface area (Å²) < 4.78 is 0. The molecule has 2 aromatic rings. The average molecular weight is 543 g/mol. The summed E-state index contributed by atoms with van der Waals surface area (Å²) in [5, 5.41) is 13.3. The Kier molecular flexibility index (Phi) is 16.5. The molecule has 37 heavy (non-hydrogen) atoms. The highest BCUT2D eigenvalue weighted by atomic mass is 35.5. The van der Waals surface area contributed by atoms with Crippen molar-refractivity contribution in [3.63, 3.8) is 0 Å². The second kappa shape index (κ2) is 18.1. The van der Waals surface area contributed by atoms with Crippen molar-refractivity contribution in [3.05, 3.63) is 93.8 Å². The van der Waals surface area contributed by atoms with Gasteiger partial charge in [0.15, 0.2) is 0 Å². The number of rotatable bonds is 11. The highest BCUT2D eigenvalue weighted by Crippen LogP contribution is 2.35. The molecule has 7 heteroatoms. The first kappa shape index (κ1) is 33.8. The lowest BCUT2D eigenvalue weighted by molar-refractivity contribution is -0.0987. The summed E-state index contributed by atoms with van der Waals surface area (Å²) in [6, 6.07) is 14.9. The number of hydrogen-bond donors (Lipinski definition) is 1. The van der Waals surface area contributed by atoms with E-state index in [0.29, 0.717) is 28.7 Å². The van der Waals surface area contributed by atoms with Crippen LogP contribution in [0.15, 0.2) is 65.9 Å². The molecule has 0 spiro atoms. The molecule has 0 unspecified atom stereocenters. The SMILES string of the molecule is C=C(/N=C(\C=C/C)CCc1ccc(C(C)(C)c2cc(Cl)c(CCCCl)c(C#N)c2)cc1)NC.C=O.C=O. The molecule has 2 rings (SSSR count). The van der Waals surface area contributed by atoms with Gasteiger partial charge in [-0.2, -0.15) is 5.26 Å². The second-order valence-corrected chi connectivity index (χ2v) is 9.30. The summed E-state index contributed by atoms with van der Waals surface area (Å²) in [5.41, 5.74) is 5.66. The zero-order valence-electron chi connectivity index (χ0n) is 22.2. The highest BCUT2D eigenvalue weighted by Gasteiger charge is 2.25. The number of carbonyl (C=O) groups is 2. The molecule has 198 valence electrons. The molecule has 0 saturated carbocycles. The topological polar surface area (TPSA) is 82.3 Å². The number of allylic oxidation sites excluding steroid dienone is 2. The van der Waals surface area contributed by atoms with Crippen LogP contribution in [0.2, 0.25) is 5.02 Å². The first-order valence-corrected chi connectivity index (χ1v) is 12.7. The number of aliphatic imine (C=N–C) groups is 1. The van der Waals surface area contributed by atoms with Gasteiger partial charge in [-0.05, 0) is 73.1 Å². The van der Waals surface area contributed by atoms with E-state index < -0.39 is 0 Å². The van der Waals surface area contributed by atoms with E-state index in [9.17, 15) is 5.26 Å². The number of aryl methyl sites for hydroxylation is 1. The minimum Gasteiger partial charge on any atom is -0.374 e. The zero-order valence-corrected chi connectivity index (χ0v) is 23.8. The molecule has 0 fully saturated rings. The van der Waals surface area contributed by atoms with Crippen LogP contribution in [0.25, 0.3) is 0 Å². The first-order chi connectivity index (χ1) is 17.8. The molecule has 1 N–H and O–H groups in total. The van der Waals surface area contributed by atoms with Crippen LogP contribution in [-0.4, -0.2) is 32.2 Å². The maximum atomic E-state index is 9.69. The molecular weight excluding hydrogens is 505 g/mol. The standard InChI is InChI=1S/C28H33Cl2N3.2CH2O/c1-6-8-25(33-20(2)32-5)15-12-21-10-13-23(14-11-21)28(3,4)24-17-22(19-31)26(9-7-16-29)27(30)18-24;2*1-2/h6,8,10-11,13-14,17-18,32H,2,7,9,12,15-16H2,1,3-5H3;2*1H2/b8-6-,33-25+;;. The molecule has 0 aliphatic carbocycles. The van der Waals surface area contributed by atoms with Gasteiger partial charge in [0.25, 0.3) is 0 Å². The predicted molar refractivity (Wildman–Crippen MR) is 157 cm³/mol. The maximum absolute atomic E-state index is 9.69. The summed E-state index contributed by atoms with van der Waals surface area (Å²) in [4.78, 5) is 20.5. The lowest BCUT2D eigenvalue weighted by Crippen LogP contribution is -2.19. The van der Waals surface area contributed by atoms with E-state index in [1.54, 1.807) is 0 Å². The Morgan fingerprint density at radius 1 is 1.11 bits per heavy atom. The molecule has 0 aliphatic rings. The van der Waals surface area contributed by atoms with Crippen LogP contribution in [-0.2, 0) is 27.8 Å². The highest BCUT2D eigenvalue weighted by molar-refractivity contribution is 6.31. The molecule has 0 bridgehead atoms. The third-order valence-electron chi connectivity index (χ3n) is 5.87. The molecule has 0 saturated heterocycles. The third-order valence-corrected chi connectivity index (χ3v) is 6.47. The van der Waals surface area contributed by atoms with Crippen molar-refractivity contribution < 1.29 is 9.59 Å². The Balaban J connectivity index is 0.00000308. The Morgan fingerprint density at radius 3 is 2.24 bits per heavy atom. The van der Waals surface area contributed by atoms with Crippen LogP contribution in [0.1, 0.15) is 61.4 Å². The van der Waals surface area contributed by atoms with Crippen molar-refractivity contribution in [2.24, 2.45) is 4.99 Å². The third kappa shape index (κ3) is 10.4. The van der Waals surface area contributed by atoms with Gasteiger partial charge in [0, 0.05) is 29.1 Å². The molecule has 0 radical (unpaired) electrons. The summed E-state index contributed by atoms with van der Waals surface area (Å²) in [5.74, 6) is 1.21. The Morgan fingerprint density at radius 2 is 1.73 bits per heavy atom. The lowest BCUT2D eigenvalue weighted by Gasteiger charge is -2.27. The van der Waals surface area contributed by atoms with Crippen LogP contribution in [0.3, 0.4) is 0 Å². The summed E-state index contributed by atoms with van der Waals surface area (Å²) >= 11 is 12.4. The van der Waals surface area contributed by atoms with Gasteiger partial charge in [0.05, 0.1) is 11.6 Å². The molecule has 0 aromatic heterocycles. The van der Waals surface area contributed by atoms with Crippen molar-refractivity contribution in [1.29, 1.82) is 5.26 Å². The van der Waals surface area contributed by atoms with E-state index in [4.69, 9.17) is 32.8 Å². The van der Waals surface area contributed by atoms with Crippen LogP contribution >= 0.6 is 23.2 Å². The van der Waals surface area contributed by atoms with Gasteiger partial charge in [0.1, 0.15) is 19.4 Å². The van der Waals surface area contributed by atoms with Crippen LogP contribution in [0, 0.1) is 11.3 Å². The van der Waals surface area contributed by atoms with Crippen molar-refractivity contribution in [1.82, 2.24) is 5.32 Å². The number of hydrogen-bond acceptors (Lipinski definition) is 5. The number of nitrogens with zero attached hydrogens (tertiary/aromatic N) is 2. The fourth-order valence-electron chi connectivity index (χ4n) is 3.72. The van der Waals surface area contributed by atoms with E-state index in [1.807, 2.05) is 51.8 Å². The zero-order chi connectivity index (χ0) is 28.4. The molecule has 0 atom stereocenters. The number of carbonyl (C=O) groups excluding carboxylic acids is 2. The van der Waals surface area contributed by atoms with Gasteiger partial charge in [-0.1, -0.05) is 62.4 Å². The first-order valence-electron chi connectivity index (χ1n) is 11.8. The van der Waals surface area contributed by atoms with Crippen molar-refractivity contribution in [2.75, 3.05) is 12.9 Å². The van der Waals surface area contributed by atoms with Crippen molar-refractivity contribution in [2.45, 2.75) is 51.9 Å². The minimum atomic E-state index is -0.291. The Labute approximate surface area is 231 Å². The molecule has 0 aliphatic heterocycles. The average Bonchev–Trinajstić information content (AvgIpc) is 2.93. The minimum absolute atomic E-state index is 0.291. The van der Waals surface area contributed by atoms with Gasteiger partial charge in [-0.3, -0.25) is 0 Å². The monoisotopic (exact) mass is 541 g/mol.